The lowest BCUT2D eigenvalue weighted by atomic mass is 9.81. The van der Waals surface area contributed by atoms with E-state index in [1.165, 1.54) is 11.3 Å². The van der Waals surface area contributed by atoms with Crippen LogP contribution in [0.5, 0.6) is 5.75 Å². The molecular weight excluding hydrogens is 258 g/mol. The molecule has 0 heterocycles. The van der Waals surface area contributed by atoms with Crippen molar-refractivity contribution in [2.75, 3.05) is 0 Å². The van der Waals surface area contributed by atoms with E-state index in [0.29, 0.717) is 17.8 Å². The second-order valence-corrected chi connectivity index (χ2v) is 6.30. The van der Waals surface area contributed by atoms with Gasteiger partial charge in [-0.1, -0.05) is 52.0 Å². The van der Waals surface area contributed by atoms with Gasteiger partial charge in [0.2, 0.25) is 0 Å². The predicted octanol–water partition coefficient (Wildman–Crippen LogP) is 4.95. The van der Waals surface area contributed by atoms with E-state index >= 15 is 0 Å². The van der Waals surface area contributed by atoms with E-state index in [2.05, 4.69) is 39.8 Å². The van der Waals surface area contributed by atoms with Crippen molar-refractivity contribution in [3.63, 3.8) is 0 Å². The van der Waals surface area contributed by atoms with Gasteiger partial charge in [0.15, 0.2) is 0 Å². The van der Waals surface area contributed by atoms with Gasteiger partial charge in [0, 0.05) is 23.4 Å². The van der Waals surface area contributed by atoms with Gasteiger partial charge in [-0.15, -0.1) is 0 Å². The molecule has 0 bridgehead atoms. The lowest BCUT2D eigenvalue weighted by molar-refractivity contribution is 0.432. The highest BCUT2D eigenvalue weighted by molar-refractivity contribution is 5.84. The number of phenolic OH excluding ortho intramolecular Hbond substituents is 1. The van der Waals surface area contributed by atoms with Gasteiger partial charge < -0.3 is 5.11 Å². The van der Waals surface area contributed by atoms with Crippen molar-refractivity contribution < 1.29 is 5.11 Å². The Morgan fingerprint density at radius 1 is 1.19 bits per heavy atom. The Balaban J connectivity index is 2.40. The number of hydrogen-bond acceptors (Lipinski definition) is 2. The number of phenols is 1. The summed E-state index contributed by atoms with van der Waals surface area (Å²) in [6.07, 6.45) is 7.31. The molecule has 0 aromatic heterocycles. The van der Waals surface area contributed by atoms with Gasteiger partial charge >= 0.3 is 0 Å². The van der Waals surface area contributed by atoms with E-state index in [1.807, 2.05) is 18.2 Å². The summed E-state index contributed by atoms with van der Waals surface area (Å²) in [5.74, 6) is 1.74. The summed E-state index contributed by atoms with van der Waals surface area (Å²) in [6.45, 7) is 8.91. The van der Waals surface area contributed by atoms with Gasteiger partial charge in [-0.25, -0.2) is 0 Å². The Bertz CT molecular complexity index is 579. The highest BCUT2D eigenvalue weighted by Gasteiger charge is 2.23. The Morgan fingerprint density at radius 2 is 1.90 bits per heavy atom. The number of nitrogens with zero attached hydrogens (tertiary/aromatic N) is 1. The summed E-state index contributed by atoms with van der Waals surface area (Å²) >= 11 is 0. The largest absolute Gasteiger partial charge is 0.507 e. The first kappa shape index (κ1) is 15.6. The fraction of sp³-hybridized carbons (Fsp3) is 0.421. The maximum Gasteiger partial charge on any atom is 0.124 e. The van der Waals surface area contributed by atoms with Crippen LogP contribution in [-0.4, -0.2) is 11.3 Å². The molecule has 1 aliphatic carbocycles. The molecule has 0 aliphatic heterocycles. The number of aliphatic imine (C=N–C) groups is 1. The zero-order valence-corrected chi connectivity index (χ0v) is 13.4. The summed E-state index contributed by atoms with van der Waals surface area (Å²) in [7, 11) is 0. The van der Waals surface area contributed by atoms with E-state index in [9.17, 15) is 5.11 Å². The monoisotopic (exact) mass is 283 g/mol. The van der Waals surface area contributed by atoms with Crippen LogP contribution < -0.4 is 0 Å². The number of para-hydroxylation sites is 1. The first-order valence-electron chi connectivity index (χ1n) is 7.73. The smallest absolute Gasteiger partial charge is 0.124 e. The van der Waals surface area contributed by atoms with Gasteiger partial charge in [0.05, 0.1) is 0 Å². The van der Waals surface area contributed by atoms with E-state index in [1.54, 1.807) is 12.3 Å². The van der Waals surface area contributed by atoms with Crippen LogP contribution >= 0.6 is 0 Å². The van der Waals surface area contributed by atoms with E-state index in [4.69, 9.17) is 4.99 Å². The second kappa shape index (κ2) is 6.75. The molecule has 1 atom stereocenters. The molecule has 1 N–H and O–H groups in total. The third-order valence-corrected chi connectivity index (χ3v) is 4.04. The number of aromatic hydroxyl groups is 1. The van der Waals surface area contributed by atoms with Crippen LogP contribution in [0.2, 0.25) is 0 Å². The standard InChI is InChI=1S/C19H25NO/c1-13(2)16-9-7-10-17(14(3)4)19(16)20-12-15-8-5-6-11-18(15)21/h5-9,11-14,17,21H,10H2,1-4H3. The van der Waals surface area contributed by atoms with Crippen molar-refractivity contribution in [2.45, 2.75) is 34.1 Å². The molecule has 2 heteroatoms. The van der Waals surface area contributed by atoms with Crippen LogP contribution in [0.4, 0.5) is 0 Å². The molecule has 0 radical (unpaired) electrons. The SMILES string of the molecule is CC(C)C1=C(N=Cc2ccccc2O)C(C(C)C)CC=C1. The lowest BCUT2D eigenvalue weighted by Gasteiger charge is -2.27. The van der Waals surface area contributed by atoms with Gasteiger partial charge in [-0.05, 0) is 36.0 Å². The zero-order chi connectivity index (χ0) is 15.4. The summed E-state index contributed by atoms with van der Waals surface area (Å²) in [5, 5.41) is 9.87. The highest BCUT2D eigenvalue weighted by atomic mass is 16.3. The molecule has 0 saturated heterocycles. The predicted molar refractivity (Wildman–Crippen MR) is 89.6 cm³/mol. The molecule has 1 aromatic carbocycles. The molecule has 0 saturated carbocycles. The highest BCUT2D eigenvalue weighted by Crippen LogP contribution is 2.35. The molecule has 0 spiro atoms. The van der Waals surface area contributed by atoms with E-state index in [0.717, 1.165) is 12.0 Å². The Labute approximate surface area is 127 Å². The minimum Gasteiger partial charge on any atom is -0.507 e. The van der Waals surface area contributed by atoms with E-state index < -0.39 is 0 Å². The molecule has 1 aromatic rings. The van der Waals surface area contributed by atoms with Crippen molar-refractivity contribution in [2.24, 2.45) is 22.7 Å². The topological polar surface area (TPSA) is 32.6 Å². The van der Waals surface area contributed by atoms with Crippen LogP contribution in [-0.2, 0) is 0 Å². The fourth-order valence-electron chi connectivity index (χ4n) is 2.73. The lowest BCUT2D eigenvalue weighted by Crippen LogP contribution is -2.16. The molecule has 2 nitrogen and oxygen atoms in total. The number of hydrogen-bond donors (Lipinski definition) is 1. The average molecular weight is 283 g/mol. The number of allylic oxidation sites excluding steroid dienone is 4. The second-order valence-electron chi connectivity index (χ2n) is 6.30. The van der Waals surface area contributed by atoms with Gasteiger partial charge in [-0.2, -0.15) is 0 Å². The van der Waals surface area contributed by atoms with Gasteiger partial charge in [-0.3, -0.25) is 4.99 Å². The number of rotatable bonds is 4. The normalized spacial score (nSPS) is 19.2. The van der Waals surface area contributed by atoms with Crippen LogP contribution in [0.25, 0.3) is 0 Å². The minimum atomic E-state index is 0.278. The first-order chi connectivity index (χ1) is 10.0. The maximum absolute atomic E-state index is 9.87. The molecule has 2 rings (SSSR count). The number of benzene rings is 1. The summed E-state index contributed by atoms with van der Waals surface area (Å²) in [5.41, 5.74) is 3.25. The minimum absolute atomic E-state index is 0.278. The molecule has 21 heavy (non-hydrogen) atoms. The third-order valence-electron chi connectivity index (χ3n) is 4.04. The van der Waals surface area contributed by atoms with Gasteiger partial charge in [0.1, 0.15) is 5.75 Å². The molecule has 0 amide bonds. The fourth-order valence-corrected chi connectivity index (χ4v) is 2.73. The van der Waals surface area contributed by atoms with Gasteiger partial charge in [0.25, 0.3) is 0 Å². The van der Waals surface area contributed by atoms with Crippen molar-refractivity contribution in [3.05, 3.63) is 53.3 Å². The molecule has 1 aliphatic rings. The molecule has 1 unspecified atom stereocenters. The van der Waals surface area contributed by atoms with Crippen molar-refractivity contribution in [1.29, 1.82) is 0 Å². The zero-order valence-electron chi connectivity index (χ0n) is 13.4. The summed E-state index contributed by atoms with van der Waals surface area (Å²) in [6, 6.07) is 7.32. The van der Waals surface area contributed by atoms with Crippen LogP contribution in [0.3, 0.4) is 0 Å². The first-order valence-corrected chi connectivity index (χ1v) is 7.73. The van der Waals surface area contributed by atoms with Crippen LogP contribution in [0.15, 0.2) is 52.7 Å². The Hall–Kier alpha value is -1.83. The quantitative estimate of drug-likeness (QED) is 0.779. The van der Waals surface area contributed by atoms with Crippen LogP contribution in [0.1, 0.15) is 39.7 Å². The molecule has 112 valence electrons. The van der Waals surface area contributed by atoms with Crippen molar-refractivity contribution in [3.8, 4) is 5.75 Å². The summed E-state index contributed by atoms with van der Waals surface area (Å²) in [4.78, 5) is 4.76. The van der Waals surface area contributed by atoms with Crippen molar-refractivity contribution in [1.82, 2.24) is 0 Å². The van der Waals surface area contributed by atoms with Crippen molar-refractivity contribution >= 4 is 6.21 Å². The molecular formula is C19H25NO. The Kier molecular flexibility index (Phi) is 5.00. The maximum atomic E-state index is 9.87. The molecule has 0 fully saturated rings. The van der Waals surface area contributed by atoms with Crippen LogP contribution in [0, 0.1) is 17.8 Å². The Morgan fingerprint density at radius 3 is 2.52 bits per heavy atom. The van der Waals surface area contributed by atoms with E-state index in [-0.39, 0.29) is 5.75 Å². The third kappa shape index (κ3) is 3.63. The average Bonchev–Trinajstić information content (AvgIpc) is 2.45. The summed E-state index contributed by atoms with van der Waals surface area (Å²) < 4.78 is 0.